The highest BCUT2D eigenvalue weighted by Gasteiger charge is 2.52. The Bertz CT molecular complexity index is 5340. The maximum absolute atomic E-state index is 16.8. The monoisotopic (exact) mass is 1810 g/mol. The van der Waals surface area contributed by atoms with Gasteiger partial charge in [-0.15, -0.1) is 0 Å². The van der Waals surface area contributed by atoms with E-state index in [0.717, 1.165) is 105 Å². The second-order valence-electron chi connectivity index (χ2n) is 32.7. The lowest BCUT2D eigenvalue weighted by Crippen LogP contribution is -2.66. The van der Waals surface area contributed by atoms with E-state index in [4.69, 9.17) is 56.4 Å². The first kappa shape index (κ1) is 93.7. The molecule has 2 fully saturated rings. The average molecular weight is 1820 g/mol. The van der Waals surface area contributed by atoms with Gasteiger partial charge in [0.25, 0.3) is 0 Å². The number of benzene rings is 7. The topological polar surface area (TPSA) is 573 Å². The number of carbonyl (C=O) groups excluding carboxylic acids is 8. The van der Waals surface area contributed by atoms with Crippen LogP contribution in [0.2, 0.25) is 10.0 Å². The fourth-order valence-corrected chi connectivity index (χ4v) is 16.4. The van der Waals surface area contributed by atoms with Crippen LogP contribution in [0.4, 0.5) is 0 Å². The second-order valence-corrected chi connectivity index (χ2v) is 33.5. The van der Waals surface area contributed by atoms with E-state index in [0.29, 0.717) is 30.9 Å². The van der Waals surface area contributed by atoms with Gasteiger partial charge in [-0.3, -0.25) is 38.4 Å². The Morgan fingerprint density at radius 3 is 1.91 bits per heavy atom. The molecule has 38 nitrogen and oxygen atoms in total. The van der Waals surface area contributed by atoms with Gasteiger partial charge in [0.15, 0.2) is 29.1 Å². The number of likely N-dealkylation sites (N-methyl/N-ethyl adjacent to an activating group) is 1. The molecule has 8 amide bonds. The largest absolute Gasteiger partial charge is 0.508 e. The fourth-order valence-electron chi connectivity index (χ4n) is 15.9. The van der Waals surface area contributed by atoms with Crippen molar-refractivity contribution in [2.75, 3.05) is 40.8 Å². The quantitative estimate of drug-likeness (QED) is 0.0423. The standard InChI is InChI=1S/C88H100Cl2N10O28/c1-38(2)13-10-8-6-7-9-11-14-61(106)94-70-73(109)75(111)78(86(120)121)128-87(70)127-77-58-31-43-32-59(77)124-55-24-19-42(29-50(55)89)71(107)69-85(119)98-67(80(114)92-25-12-26-100(4)5)48-33-44(102)34-57(125-88-76(112)74(110)72(108)60(37-101)126-88)62(48)47-28-40(17-22-52(47)103)65(82(116)99-69)95-83(117)66(43)96-84(118)68-49-35-46(36-54(105)63(49)90)123-56-30-41(18-23-53(56)104)64(91-3)81(115)93-51(79(113)97-68)27-39-15-20-45(122-58)21-16-39/h15-24,28-36,38,51,60,64-76,78,87-88,91,101-105,107-112H,6-14,25-27,37H2,1-5H3,(H,92,114)(H,93,115)(H,94,106)(H,95,117)(H,96,118)(H,97,113)(H,98,119)(H,99,116)(H,120,121)/t51-,60-,64+,65-,66-,67-,68+,69+,70-,71-,72-,73-,74+,75+,76+,78+,87-,88+/m1/s1. The predicted octanol–water partition coefficient (Wildman–Crippen LogP) is 4.17. The molecule has 8 heterocycles. The summed E-state index contributed by atoms with van der Waals surface area (Å²) in [5.74, 6) is -17.5. The number of rotatable bonds is 22. The number of unbranched alkanes of at least 4 members (excludes halogenated alkanes) is 5. The highest BCUT2D eigenvalue weighted by molar-refractivity contribution is 6.33. The number of halogens is 2. The number of aromatic hydroxyl groups is 4. The summed E-state index contributed by atoms with van der Waals surface area (Å²) < 4.78 is 44.5. The Balaban J connectivity index is 1.04. The molecule has 21 N–H and O–H groups in total. The first-order chi connectivity index (χ1) is 61.1. The number of carboxylic acids is 1. The van der Waals surface area contributed by atoms with Gasteiger partial charge in [-0.2, -0.15) is 0 Å². The van der Waals surface area contributed by atoms with Crippen molar-refractivity contribution in [3.63, 3.8) is 0 Å². The number of nitrogens with one attached hydrogen (secondary N) is 9. The Morgan fingerprint density at radius 1 is 0.562 bits per heavy atom. The molecule has 684 valence electrons. The number of carbonyl (C=O) groups is 9. The van der Waals surface area contributed by atoms with Crippen LogP contribution in [0.1, 0.15) is 147 Å². The summed E-state index contributed by atoms with van der Waals surface area (Å²) >= 11 is 14.3. The number of carboxylic acid groups (broad SMARTS) is 1. The van der Waals surface area contributed by atoms with Crippen LogP contribution in [0.3, 0.4) is 0 Å². The lowest BCUT2D eigenvalue weighted by Gasteiger charge is -2.41. The number of amides is 8. The van der Waals surface area contributed by atoms with Gasteiger partial charge in [0, 0.05) is 48.2 Å². The van der Waals surface area contributed by atoms with Crippen LogP contribution < -0.4 is 71.5 Å². The molecule has 17 bridgehead atoms. The van der Waals surface area contributed by atoms with E-state index in [9.17, 15) is 75.7 Å². The van der Waals surface area contributed by atoms with Crippen LogP contribution in [-0.4, -0.2) is 234 Å². The zero-order valence-electron chi connectivity index (χ0n) is 69.7. The molecular formula is C88H100Cl2N10O28. The zero-order valence-corrected chi connectivity index (χ0v) is 71.2. The van der Waals surface area contributed by atoms with Gasteiger partial charge in [0.2, 0.25) is 65.6 Å². The van der Waals surface area contributed by atoms with E-state index >= 15 is 28.8 Å². The first-order valence-electron chi connectivity index (χ1n) is 41.5. The molecule has 7 aromatic carbocycles. The maximum Gasteiger partial charge on any atom is 0.335 e. The van der Waals surface area contributed by atoms with E-state index in [1.54, 1.807) is 19.0 Å². The zero-order chi connectivity index (χ0) is 92.0. The van der Waals surface area contributed by atoms with E-state index in [1.807, 2.05) is 0 Å². The molecule has 128 heavy (non-hydrogen) atoms. The Hall–Kier alpha value is -11.9. The maximum atomic E-state index is 16.8. The minimum absolute atomic E-state index is 0.0943. The highest BCUT2D eigenvalue weighted by atomic mass is 35.5. The van der Waals surface area contributed by atoms with Gasteiger partial charge in [-0.05, 0) is 153 Å². The van der Waals surface area contributed by atoms with Crippen molar-refractivity contribution >= 4 is 76.4 Å². The van der Waals surface area contributed by atoms with Crippen LogP contribution in [0.25, 0.3) is 11.1 Å². The van der Waals surface area contributed by atoms with E-state index in [2.05, 4.69) is 61.7 Å². The number of aliphatic hydroxyl groups excluding tert-OH is 7. The number of aliphatic hydroxyl groups is 7. The molecular weight excluding hydrogens is 1720 g/mol. The minimum Gasteiger partial charge on any atom is -0.508 e. The number of nitrogens with zero attached hydrogens (tertiary/aromatic N) is 1. The van der Waals surface area contributed by atoms with Crippen molar-refractivity contribution in [3.05, 3.63) is 164 Å². The second kappa shape index (κ2) is 40.6. The lowest BCUT2D eigenvalue weighted by atomic mass is 9.89. The number of hydrogen-bond donors (Lipinski definition) is 21. The minimum atomic E-state index is -2.45. The normalized spacial score (nSPS) is 25.8. The van der Waals surface area contributed by atoms with Crippen molar-refractivity contribution in [2.24, 2.45) is 5.92 Å². The SMILES string of the molecule is CN[C@@H]1C(=O)N[C@@H]2Cc3ccc(cc3)Oc3cc4cc(c3O[C@@H]3O[C@H](C(=O)O)[C@@H](O)[C@H](O)[C@H]3NC(=O)CCCCCCCCC(C)C)Oc3ccc(cc3Cl)[C@@H](O)[C@@H]3NC(=O)[C@H](NC(=O)[C@@H]4NC(=O)[C@@H](NC2=O)c2cc(cc(O)c2Cl)Oc2cc1ccc2O)c1ccc(O)c(c1)-c1c(O[C@H]2O[C@H](CO)[C@@H](O)[C@H](O)[C@@H]2O)cc(O)cc1[C@H](C(=O)NCCCN(C)C)NC3=O. The summed E-state index contributed by atoms with van der Waals surface area (Å²) in [5.41, 5.74) is -2.68. The third-order valence-electron chi connectivity index (χ3n) is 22.7. The van der Waals surface area contributed by atoms with Gasteiger partial charge >= 0.3 is 5.97 Å². The average Bonchev–Trinajstić information content (AvgIpc) is 0.755. The van der Waals surface area contributed by atoms with Crippen molar-refractivity contribution < 1.29 is 138 Å². The Kier molecular flexibility index (Phi) is 29.7. The highest BCUT2D eigenvalue weighted by Crippen LogP contribution is 2.51. The molecule has 0 spiro atoms. The molecule has 8 aliphatic heterocycles. The van der Waals surface area contributed by atoms with Crippen LogP contribution in [0.15, 0.2) is 115 Å². The van der Waals surface area contributed by atoms with E-state index < -0.39 is 271 Å². The Morgan fingerprint density at radius 2 is 1.21 bits per heavy atom. The molecule has 0 unspecified atom stereocenters. The number of fused-ring (bicyclic) bond motifs is 14. The third kappa shape index (κ3) is 21.1. The third-order valence-corrected chi connectivity index (χ3v) is 23.4. The van der Waals surface area contributed by atoms with Crippen LogP contribution in [0.5, 0.6) is 69.0 Å². The molecule has 15 rings (SSSR count). The summed E-state index contributed by atoms with van der Waals surface area (Å²) in [6.45, 7) is 3.61. The van der Waals surface area contributed by atoms with Crippen molar-refractivity contribution in [2.45, 2.75) is 188 Å². The van der Waals surface area contributed by atoms with Crippen LogP contribution in [0, 0.1) is 5.92 Å². The van der Waals surface area contributed by atoms with E-state index in [1.165, 1.54) is 49.5 Å². The molecule has 40 heteroatoms. The first-order valence-corrected chi connectivity index (χ1v) is 42.3. The molecule has 7 aromatic rings. The Labute approximate surface area is 742 Å². The summed E-state index contributed by atoms with van der Waals surface area (Å²) in [7, 11) is 4.95. The molecule has 0 saturated carbocycles. The molecule has 8 aliphatic rings. The van der Waals surface area contributed by atoms with Crippen molar-refractivity contribution in [1.29, 1.82) is 0 Å². The van der Waals surface area contributed by atoms with Gasteiger partial charge in [-0.1, -0.05) is 106 Å². The predicted molar refractivity (Wildman–Crippen MR) is 452 cm³/mol. The van der Waals surface area contributed by atoms with Gasteiger partial charge in [0.05, 0.1) is 16.7 Å². The summed E-state index contributed by atoms with van der Waals surface area (Å²) in [4.78, 5) is 140. The summed E-state index contributed by atoms with van der Waals surface area (Å²) in [5, 5.41) is 161. The van der Waals surface area contributed by atoms with Crippen LogP contribution >= 0.6 is 23.2 Å². The lowest BCUT2D eigenvalue weighted by molar-refractivity contribution is -0.277. The fraction of sp³-hybridized carbons (Fsp3) is 0.420. The molecule has 18 atom stereocenters. The summed E-state index contributed by atoms with van der Waals surface area (Å²) in [6.07, 6.45) is -15.8. The number of aliphatic carboxylic acids is 1. The number of hydrogen-bond acceptors (Lipinski definition) is 29. The number of ether oxygens (including phenoxy) is 7. The van der Waals surface area contributed by atoms with Gasteiger partial charge in [0.1, 0.15) is 131 Å². The van der Waals surface area contributed by atoms with Gasteiger partial charge < -0.3 is 147 Å². The van der Waals surface area contributed by atoms with E-state index in [-0.39, 0.29) is 47.8 Å². The van der Waals surface area contributed by atoms with Crippen molar-refractivity contribution in [1.82, 2.24) is 52.8 Å². The number of phenols is 4. The molecule has 2 saturated heterocycles. The summed E-state index contributed by atoms with van der Waals surface area (Å²) in [6, 6.07) is 5.68. The van der Waals surface area contributed by atoms with Crippen LogP contribution in [-0.2, 0) is 59.0 Å². The number of phenolic OH excluding ortho intramolecular Hbond substituents is 4. The smallest absolute Gasteiger partial charge is 0.335 e. The molecule has 0 aromatic heterocycles. The molecule has 0 radical (unpaired) electrons. The van der Waals surface area contributed by atoms with Crippen molar-refractivity contribution in [3.8, 4) is 80.1 Å². The molecule has 0 aliphatic carbocycles. The van der Waals surface area contributed by atoms with Gasteiger partial charge in [-0.25, -0.2) is 4.79 Å².